The molecule has 0 aliphatic carbocycles. The highest BCUT2D eigenvalue weighted by atomic mass is 35.5. The molecule has 0 aliphatic heterocycles. The highest BCUT2D eigenvalue weighted by Gasteiger charge is 2.21. The van der Waals surface area contributed by atoms with Crippen LogP contribution < -0.4 is 9.62 Å². The summed E-state index contributed by atoms with van der Waals surface area (Å²) in [7, 11) is -0.0175. The van der Waals surface area contributed by atoms with Crippen LogP contribution in [0.2, 0.25) is 5.02 Å². The Balaban J connectivity index is 2.09. The van der Waals surface area contributed by atoms with Crippen molar-refractivity contribution in [1.29, 1.82) is 0 Å². The maximum Gasteiger partial charge on any atom is 0.264 e. The quantitative estimate of drug-likeness (QED) is 0.752. The normalized spacial score (nSPS) is 11.5. The van der Waals surface area contributed by atoms with Gasteiger partial charge in [-0.15, -0.1) is 0 Å². The number of nitrogens with zero attached hydrogens (tertiary/aromatic N) is 1. The van der Waals surface area contributed by atoms with Crippen LogP contribution in [0.3, 0.4) is 0 Å². The molecule has 0 atom stereocenters. The van der Waals surface area contributed by atoms with Crippen molar-refractivity contribution >= 4 is 43.8 Å². The first-order valence-corrected chi connectivity index (χ1v) is 9.22. The van der Waals surface area contributed by atoms with E-state index in [1.165, 1.54) is 0 Å². The molecular weight excluding hydrogens is 344 g/mol. The van der Waals surface area contributed by atoms with E-state index in [-0.39, 0.29) is 9.92 Å². The number of benzene rings is 3. The second-order valence-electron chi connectivity index (χ2n) is 5.65. The van der Waals surface area contributed by atoms with Crippen LogP contribution in [0.15, 0.2) is 65.6 Å². The van der Waals surface area contributed by atoms with E-state index in [0.717, 1.165) is 11.1 Å². The summed E-state index contributed by atoms with van der Waals surface area (Å²) in [5, 5.41) is 1.62. The summed E-state index contributed by atoms with van der Waals surface area (Å²) in [6.45, 7) is 0. The Morgan fingerprint density at radius 1 is 0.958 bits per heavy atom. The van der Waals surface area contributed by atoms with E-state index < -0.39 is 10.0 Å². The Hall–Kier alpha value is -2.24. The van der Waals surface area contributed by atoms with Crippen molar-refractivity contribution in [3.63, 3.8) is 0 Å². The van der Waals surface area contributed by atoms with Crippen LogP contribution in [0.5, 0.6) is 0 Å². The lowest BCUT2D eigenvalue weighted by atomic mass is 10.1. The zero-order chi connectivity index (χ0) is 17.3. The largest absolute Gasteiger partial charge is 0.378 e. The molecule has 0 fully saturated rings. The van der Waals surface area contributed by atoms with Gasteiger partial charge in [-0.1, -0.05) is 48.0 Å². The summed E-state index contributed by atoms with van der Waals surface area (Å²) in [5.74, 6) is 0. The Bertz CT molecular complexity index is 1000. The number of fused-ring (bicyclic) bond motifs is 1. The van der Waals surface area contributed by atoms with Crippen molar-refractivity contribution in [2.24, 2.45) is 0 Å². The third-order valence-corrected chi connectivity index (χ3v) is 5.62. The van der Waals surface area contributed by atoms with Gasteiger partial charge in [-0.2, -0.15) is 0 Å². The number of hydrogen-bond donors (Lipinski definition) is 1. The molecule has 0 saturated heterocycles. The third kappa shape index (κ3) is 3.18. The number of hydrogen-bond acceptors (Lipinski definition) is 3. The Morgan fingerprint density at radius 3 is 2.46 bits per heavy atom. The molecule has 3 aromatic rings. The molecule has 3 rings (SSSR count). The molecule has 24 heavy (non-hydrogen) atoms. The summed E-state index contributed by atoms with van der Waals surface area (Å²) < 4.78 is 28.4. The fourth-order valence-electron chi connectivity index (χ4n) is 2.54. The fourth-order valence-corrected chi connectivity index (χ4v) is 4.35. The lowest BCUT2D eigenvalue weighted by Gasteiger charge is -2.16. The molecule has 4 nitrogen and oxygen atoms in total. The van der Waals surface area contributed by atoms with Gasteiger partial charge < -0.3 is 4.90 Å². The average molecular weight is 361 g/mol. The summed E-state index contributed by atoms with van der Waals surface area (Å²) in [6.07, 6.45) is 0. The van der Waals surface area contributed by atoms with E-state index in [9.17, 15) is 8.42 Å². The molecule has 0 heterocycles. The van der Waals surface area contributed by atoms with E-state index in [1.54, 1.807) is 36.4 Å². The lowest BCUT2D eigenvalue weighted by molar-refractivity contribution is 0.602. The maximum atomic E-state index is 12.9. The summed E-state index contributed by atoms with van der Waals surface area (Å²) >= 11 is 6.21. The predicted octanol–water partition coefficient (Wildman–Crippen LogP) is 4.36. The number of halogens is 1. The monoisotopic (exact) mass is 360 g/mol. The Labute approximate surface area is 146 Å². The molecule has 3 aromatic carbocycles. The molecular formula is C18H17ClN2O2S. The van der Waals surface area contributed by atoms with Gasteiger partial charge in [-0.05, 0) is 29.7 Å². The van der Waals surface area contributed by atoms with Crippen molar-refractivity contribution < 1.29 is 8.42 Å². The van der Waals surface area contributed by atoms with Crippen molar-refractivity contribution in [2.45, 2.75) is 4.90 Å². The van der Waals surface area contributed by atoms with E-state index in [2.05, 4.69) is 4.72 Å². The number of sulfonamides is 1. The molecule has 0 spiro atoms. The maximum absolute atomic E-state index is 12.9. The standard InChI is InChI=1S/C18H17ClN2O2S/c1-21(2)15-8-5-7-14(12-15)20-24(22,23)18-16-9-4-3-6-13(16)10-11-17(18)19/h3-12,20H,1-2H3. The van der Waals surface area contributed by atoms with Crippen molar-refractivity contribution in [2.75, 3.05) is 23.7 Å². The van der Waals surface area contributed by atoms with Crippen LogP contribution in [0.4, 0.5) is 11.4 Å². The first-order chi connectivity index (χ1) is 11.4. The van der Waals surface area contributed by atoms with Gasteiger partial charge in [0.15, 0.2) is 0 Å². The first-order valence-electron chi connectivity index (χ1n) is 7.36. The Morgan fingerprint density at radius 2 is 1.71 bits per heavy atom. The molecule has 1 N–H and O–H groups in total. The molecule has 0 bridgehead atoms. The number of anilines is 2. The van der Waals surface area contributed by atoms with Crippen LogP contribution in [0, 0.1) is 0 Å². The molecule has 0 saturated carbocycles. The molecule has 124 valence electrons. The SMILES string of the molecule is CN(C)c1cccc(NS(=O)(=O)c2c(Cl)ccc3ccccc23)c1. The van der Waals surface area contributed by atoms with E-state index in [4.69, 9.17) is 11.6 Å². The van der Waals surface area contributed by atoms with Crippen molar-refractivity contribution in [1.82, 2.24) is 0 Å². The minimum atomic E-state index is -3.81. The Kier molecular flexibility index (Phi) is 4.39. The molecule has 0 aliphatic rings. The van der Waals surface area contributed by atoms with Crippen molar-refractivity contribution in [3.8, 4) is 0 Å². The van der Waals surface area contributed by atoms with Crippen LogP contribution in [-0.2, 0) is 10.0 Å². The minimum Gasteiger partial charge on any atom is -0.378 e. The smallest absolute Gasteiger partial charge is 0.264 e. The number of rotatable bonds is 4. The van der Waals surface area contributed by atoms with Crippen LogP contribution in [-0.4, -0.2) is 22.5 Å². The van der Waals surface area contributed by atoms with Crippen molar-refractivity contribution in [3.05, 3.63) is 65.7 Å². The van der Waals surface area contributed by atoms with E-state index in [1.807, 2.05) is 43.3 Å². The van der Waals surface area contributed by atoms with Gasteiger partial charge in [-0.3, -0.25) is 4.72 Å². The van der Waals surface area contributed by atoms with Crippen LogP contribution >= 0.6 is 11.6 Å². The van der Waals surface area contributed by atoms with Crippen LogP contribution in [0.1, 0.15) is 0 Å². The zero-order valence-electron chi connectivity index (χ0n) is 13.3. The molecule has 0 unspecified atom stereocenters. The highest BCUT2D eigenvalue weighted by Crippen LogP contribution is 2.32. The van der Waals surface area contributed by atoms with E-state index in [0.29, 0.717) is 11.1 Å². The topological polar surface area (TPSA) is 49.4 Å². The predicted molar refractivity (Wildman–Crippen MR) is 101 cm³/mol. The molecule has 0 radical (unpaired) electrons. The highest BCUT2D eigenvalue weighted by molar-refractivity contribution is 7.93. The molecule has 6 heteroatoms. The van der Waals surface area contributed by atoms with Gasteiger partial charge in [0.25, 0.3) is 10.0 Å². The second-order valence-corrected chi connectivity index (χ2v) is 7.67. The number of nitrogens with one attached hydrogen (secondary N) is 1. The zero-order valence-corrected chi connectivity index (χ0v) is 14.9. The first kappa shape index (κ1) is 16.6. The van der Waals surface area contributed by atoms with Crippen LogP contribution in [0.25, 0.3) is 10.8 Å². The van der Waals surface area contributed by atoms with Gasteiger partial charge in [-0.25, -0.2) is 8.42 Å². The van der Waals surface area contributed by atoms with Gasteiger partial charge in [0, 0.05) is 25.2 Å². The summed E-state index contributed by atoms with van der Waals surface area (Å²) in [4.78, 5) is 2.00. The third-order valence-electron chi connectivity index (χ3n) is 3.72. The fraction of sp³-hybridized carbons (Fsp3) is 0.111. The summed E-state index contributed by atoms with van der Waals surface area (Å²) in [6, 6.07) is 17.9. The minimum absolute atomic E-state index is 0.0949. The van der Waals surface area contributed by atoms with Gasteiger partial charge in [0.05, 0.1) is 10.7 Å². The second kappa shape index (κ2) is 6.34. The van der Waals surface area contributed by atoms with E-state index >= 15 is 0 Å². The van der Waals surface area contributed by atoms with Gasteiger partial charge in [0.2, 0.25) is 0 Å². The lowest BCUT2D eigenvalue weighted by Crippen LogP contribution is -2.15. The summed E-state index contributed by atoms with van der Waals surface area (Å²) in [5.41, 5.74) is 1.39. The van der Waals surface area contributed by atoms with Gasteiger partial charge in [0.1, 0.15) is 4.90 Å². The molecule has 0 amide bonds. The van der Waals surface area contributed by atoms with Gasteiger partial charge >= 0.3 is 0 Å². The molecule has 0 aromatic heterocycles. The average Bonchev–Trinajstić information content (AvgIpc) is 2.54.